The van der Waals surface area contributed by atoms with Gasteiger partial charge < -0.3 is 4.74 Å². The summed E-state index contributed by atoms with van der Waals surface area (Å²) >= 11 is 0. The lowest BCUT2D eigenvalue weighted by molar-refractivity contribution is -0.122. The number of carbonyl (C=O) groups excluding carboxylic acids is 4. The van der Waals surface area contributed by atoms with E-state index in [0.29, 0.717) is 11.3 Å². The Hall–Kier alpha value is -5.05. The number of ether oxygens (including phenoxy) is 1. The van der Waals surface area contributed by atoms with E-state index in [9.17, 15) is 19.2 Å². The number of hydrazine groups is 1. The SMILES string of the molecule is O=C(CN1C(=O)c2ccccc2C1=O)NNC(=O)c1ccc(COc2cccc3cccnc23)cc1. The highest BCUT2D eigenvalue weighted by Crippen LogP contribution is 2.24. The van der Waals surface area contributed by atoms with Crippen molar-refractivity contribution in [1.82, 2.24) is 20.7 Å². The maximum atomic E-state index is 12.4. The van der Waals surface area contributed by atoms with Crippen LogP contribution in [0.2, 0.25) is 0 Å². The molecule has 1 aromatic heterocycles. The Morgan fingerprint density at radius 1 is 0.806 bits per heavy atom. The van der Waals surface area contributed by atoms with Crippen LogP contribution in [0.15, 0.2) is 85.1 Å². The van der Waals surface area contributed by atoms with Crippen molar-refractivity contribution >= 4 is 34.5 Å². The molecule has 3 aromatic carbocycles. The maximum Gasteiger partial charge on any atom is 0.269 e. The smallest absolute Gasteiger partial charge is 0.269 e. The molecule has 0 atom stereocenters. The van der Waals surface area contributed by atoms with Crippen LogP contribution in [0.5, 0.6) is 5.75 Å². The van der Waals surface area contributed by atoms with E-state index in [0.717, 1.165) is 21.4 Å². The highest BCUT2D eigenvalue weighted by Gasteiger charge is 2.36. The molecule has 0 spiro atoms. The Balaban J connectivity index is 1.13. The third kappa shape index (κ3) is 4.49. The number of imide groups is 1. The first-order valence-electron chi connectivity index (χ1n) is 11.1. The van der Waals surface area contributed by atoms with Gasteiger partial charge in [-0.25, -0.2) is 0 Å². The molecule has 178 valence electrons. The minimum Gasteiger partial charge on any atom is -0.487 e. The highest BCUT2D eigenvalue weighted by molar-refractivity contribution is 6.22. The summed E-state index contributed by atoms with van der Waals surface area (Å²) in [4.78, 5) is 54.6. The first kappa shape index (κ1) is 22.7. The number of hydrogen-bond acceptors (Lipinski definition) is 6. The van der Waals surface area contributed by atoms with Gasteiger partial charge in [0.15, 0.2) is 0 Å². The number of carbonyl (C=O) groups is 4. The van der Waals surface area contributed by atoms with Gasteiger partial charge in [0.05, 0.1) is 11.1 Å². The zero-order valence-corrected chi connectivity index (χ0v) is 18.9. The number of para-hydroxylation sites is 1. The normalized spacial score (nSPS) is 12.4. The topological polar surface area (TPSA) is 118 Å². The van der Waals surface area contributed by atoms with Crippen molar-refractivity contribution in [1.29, 1.82) is 0 Å². The fourth-order valence-electron chi connectivity index (χ4n) is 3.87. The standard InChI is InChI=1S/C27H20N4O5/c32-23(15-31-26(34)20-7-1-2-8-21(20)27(31)35)29-30-25(33)19-12-10-17(11-13-19)16-36-22-9-3-5-18-6-4-14-28-24(18)22/h1-14H,15-16H2,(H,29,32)(H,30,33). The van der Waals surface area contributed by atoms with Crippen LogP contribution in [0.4, 0.5) is 0 Å². The average molecular weight is 480 g/mol. The van der Waals surface area contributed by atoms with Gasteiger partial charge in [0, 0.05) is 17.1 Å². The molecule has 0 aliphatic carbocycles. The fraction of sp³-hybridized carbons (Fsp3) is 0.0741. The summed E-state index contributed by atoms with van der Waals surface area (Å²) in [7, 11) is 0. The average Bonchev–Trinajstić information content (AvgIpc) is 3.15. The molecule has 2 heterocycles. The second kappa shape index (κ2) is 9.67. The van der Waals surface area contributed by atoms with Crippen molar-refractivity contribution in [2.45, 2.75) is 6.61 Å². The number of pyridine rings is 1. The van der Waals surface area contributed by atoms with Crippen molar-refractivity contribution in [3.63, 3.8) is 0 Å². The van der Waals surface area contributed by atoms with Crippen molar-refractivity contribution in [2.75, 3.05) is 6.54 Å². The second-order valence-electron chi connectivity index (χ2n) is 8.06. The Morgan fingerprint density at radius 2 is 1.50 bits per heavy atom. The lowest BCUT2D eigenvalue weighted by Crippen LogP contribution is -2.47. The van der Waals surface area contributed by atoms with E-state index in [1.165, 1.54) is 12.1 Å². The van der Waals surface area contributed by atoms with Gasteiger partial charge in [-0.2, -0.15) is 0 Å². The Labute approximate surface area is 205 Å². The van der Waals surface area contributed by atoms with Crippen LogP contribution in [-0.2, 0) is 11.4 Å². The molecule has 0 saturated carbocycles. The van der Waals surface area contributed by atoms with E-state index in [-0.39, 0.29) is 17.7 Å². The van der Waals surface area contributed by atoms with Crippen LogP contribution in [0.25, 0.3) is 10.9 Å². The van der Waals surface area contributed by atoms with E-state index in [4.69, 9.17) is 4.74 Å². The maximum absolute atomic E-state index is 12.4. The van der Waals surface area contributed by atoms with E-state index >= 15 is 0 Å². The number of nitrogens with zero attached hydrogens (tertiary/aromatic N) is 2. The minimum absolute atomic E-state index is 0.250. The van der Waals surface area contributed by atoms with Gasteiger partial charge >= 0.3 is 0 Å². The number of benzene rings is 3. The van der Waals surface area contributed by atoms with Crippen LogP contribution in [-0.4, -0.2) is 40.1 Å². The molecule has 1 aliphatic heterocycles. The summed E-state index contributed by atoms with van der Waals surface area (Å²) in [5.41, 5.74) is 6.96. The molecule has 0 unspecified atom stereocenters. The number of hydrogen-bond donors (Lipinski definition) is 2. The Morgan fingerprint density at radius 3 is 2.22 bits per heavy atom. The molecule has 0 saturated heterocycles. The van der Waals surface area contributed by atoms with Crippen molar-refractivity contribution < 1.29 is 23.9 Å². The molecule has 2 N–H and O–H groups in total. The molecule has 1 aliphatic rings. The van der Waals surface area contributed by atoms with Gasteiger partial charge in [-0.1, -0.05) is 42.5 Å². The number of amides is 4. The summed E-state index contributed by atoms with van der Waals surface area (Å²) in [6.07, 6.45) is 1.71. The summed E-state index contributed by atoms with van der Waals surface area (Å²) in [6.45, 7) is -0.222. The number of aromatic nitrogens is 1. The molecule has 0 fully saturated rings. The van der Waals surface area contributed by atoms with Crippen molar-refractivity contribution in [3.05, 3.63) is 107 Å². The predicted octanol–water partition coefficient (Wildman–Crippen LogP) is 2.87. The minimum atomic E-state index is -0.702. The molecule has 9 heteroatoms. The van der Waals surface area contributed by atoms with E-state index < -0.39 is 30.2 Å². The predicted molar refractivity (Wildman–Crippen MR) is 130 cm³/mol. The first-order chi connectivity index (χ1) is 17.5. The fourth-order valence-corrected chi connectivity index (χ4v) is 3.87. The summed E-state index contributed by atoms with van der Waals surface area (Å²) in [5.74, 6) is -1.68. The lowest BCUT2D eigenvalue weighted by atomic mass is 10.1. The quantitative estimate of drug-likeness (QED) is 0.324. The second-order valence-corrected chi connectivity index (χ2v) is 8.06. The van der Waals surface area contributed by atoms with Crippen LogP contribution >= 0.6 is 0 Å². The van der Waals surface area contributed by atoms with Crippen LogP contribution in [0.1, 0.15) is 36.6 Å². The van der Waals surface area contributed by atoms with Gasteiger partial charge in [-0.3, -0.25) is 39.9 Å². The van der Waals surface area contributed by atoms with Crippen molar-refractivity contribution in [3.8, 4) is 5.75 Å². The largest absolute Gasteiger partial charge is 0.487 e. The Kier molecular flexibility index (Phi) is 6.10. The van der Waals surface area contributed by atoms with E-state index in [1.54, 1.807) is 42.6 Å². The lowest BCUT2D eigenvalue weighted by Gasteiger charge is -2.14. The summed E-state index contributed by atoms with van der Waals surface area (Å²) < 4.78 is 5.91. The zero-order chi connectivity index (χ0) is 25.1. The zero-order valence-electron chi connectivity index (χ0n) is 18.9. The summed E-state index contributed by atoms with van der Waals surface area (Å²) in [6, 6.07) is 22.6. The summed E-state index contributed by atoms with van der Waals surface area (Å²) in [5, 5.41) is 0.979. The van der Waals surface area contributed by atoms with Crippen LogP contribution < -0.4 is 15.6 Å². The monoisotopic (exact) mass is 480 g/mol. The number of nitrogens with one attached hydrogen (secondary N) is 2. The van der Waals surface area contributed by atoms with Gasteiger partial charge in [0.2, 0.25) is 0 Å². The third-order valence-electron chi connectivity index (χ3n) is 5.70. The van der Waals surface area contributed by atoms with Crippen LogP contribution in [0.3, 0.4) is 0 Å². The highest BCUT2D eigenvalue weighted by atomic mass is 16.5. The first-order valence-corrected chi connectivity index (χ1v) is 11.1. The molecule has 36 heavy (non-hydrogen) atoms. The number of fused-ring (bicyclic) bond motifs is 2. The molecule has 9 nitrogen and oxygen atoms in total. The van der Waals surface area contributed by atoms with Crippen molar-refractivity contribution in [2.24, 2.45) is 0 Å². The number of rotatable bonds is 6. The Bertz CT molecular complexity index is 1460. The van der Waals surface area contributed by atoms with Crippen LogP contribution in [0, 0.1) is 0 Å². The van der Waals surface area contributed by atoms with E-state index in [2.05, 4.69) is 15.8 Å². The van der Waals surface area contributed by atoms with Gasteiger partial charge in [-0.05, 0) is 42.0 Å². The van der Waals surface area contributed by atoms with Gasteiger partial charge in [0.1, 0.15) is 24.4 Å². The molecule has 4 aromatic rings. The molecular weight excluding hydrogens is 460 g/mol. The molecule has 4 amide bonds. The van der Waals surface area contributed by atoms with Gasteiger partial charge in [0.25, 0.3) is 23.6 Å². The molecule has 0 bridgehead atoms. The molecule has 5 rings (SSSR count). The van der Waals surface area contributed by atoms with E-state index in [1.807, 2.05) is 30.3 Å². The molecule has 0 radical (unpaired) electrons. The molecular formula is C27H20N4O5. The third-order valence-corrected chi connectivity index (χ3v) is 5.70. The van der Waals surface area contributed by atoms with Gasteiger partial charge in [-0.15, -0.1) is 0 Å².